The van der Waals surface area contributed by atoms with Crippen molar-refractivity contribution in [3.05, 3.63) is 63.6 Å². The average molecular weight is 422 g/mol. The van der Waals surface area contributed by atoms with E-state index in [1.807, 2.05) is 49.2 Å². The predicted molar refractivity (Wildman–Crippen MR) is 115 cm³/mol. The number of amides is 2. The van der Waals surface area contributed by atoms with Gasteiger partial charge in [0.25, 0.3) is 0 Å². The number of rotatable bonds is 8. The first-order valence-electron chi connectivity index (χ1n) is 9.04. The molecule has 1 N–H and O–H groups in total. The first-order valence-corrected chi connectivity index (χ1v) is 9.80. The number of anilines is 1. The minimum atomic E-state index is -0.222. The molecule has 5 nitrogen and oxygen atoms in total. The quantitative estimate of drug-likeness (QED) is 0.698. The Kier molecular flexibility index (Phi) is 8.30. The van der Waals surface area contributed by atoms with E-state index in [2.05, 4.69) is 5.32 Å². The van der Waals surface area contributed by atoms with Crippen LogP contribution in [0.25, 0.3) is 0 Å². The van der Waals surface area contributed by atoms with Crippen molar-refractivity contribution in [3.63, 3.8) is 0 Å². The topological polar surface area (TPSA) is 52.7 Å². The van der Waals surface area contributed by atoms with Gasteiger partial charge in [0.15, 0.2) is 0 Å². The van der Waals surface area contributed by atoms with Crippen molar-refractivity contribution in [1.82, 2.24) is 9.80 Å². The van der Waals surface area contributed by atoms with Crippen LogP contribution in [0.3, 0.4) is 0 Å². The van der Waals surface area contributed by atoms with E-state index in [0.29, 0.717) is 16.6 Å². The Morgan fingerprint density at radius 3 is 2.39 bits per heavy atom. The van der Waals surface area contributed by atoms with Gasteiger partial charge in [0.1, 0.15) is 0 Å². The summed E-state index contributed by atoms with van der Waals surface area (Å²) in [5.74, 6) is -0.369. The number of nitrogens with one attached hydrogen (secondary N) is 1. The fourth-order valence-electron chi connectivity index (χ4n) is 2.79. The number of para-hydroxylation sites is 1. The average Bonchev–Trinajstić information content (AvgIpc) is 2.64. The number of carbonyl (C=O) groups is 2. The van der Waals surface area contributed by atoms with E-state index in [4.69, 9.17) is 23.2 Å². The molecule has 0 radical (unpaired) electrons. The largest absolute Gasteiger partial charge is 0.335 e. The van der Waals surface area contributed by atoms with Gasteiger partial charge in [0, 0.05) is 29.3 Å². The summed E-state index contributed by atoms with van der Waals surface area (Å²) in [6.45, 7) is 2.70. The van der Waals surface area contributed by atoms with Crippen LogP contribution < -0.4 is 5.32 Å². The van der Waals surface area contributed by atoms with E-state index >= 15 is 0 Å². The van der Waals surface area contributed by atoms with Crippen molar-refractivity contribution < 1.29 is 9.59 Å². The zero-order valence-corrected chi connectivity index (χ0v) is 17.8. The van der Waals surface area contributed by atoms with Crippen molar-refractivity contribution in [2.24, 2.45) is 0 Å². The lowest BCUT2D eigenvalue weighted by Gasteiger charge is -2.22. The van der Waals surface area contributed by atoms with Gasteiger partial charge in [-0.1, -0.05) is 54.4 Å². The molecule has 150 valence electrons. The molecule has 0 aromatic heterocycles. The number of halogens is 2. The molecule has 0 saturated heterocycles. The van der Waals surface area contributed by atoms with E-state index in [1.165, 1.54) is 4.90 Å². The monoisotopic (exact) mass is 421 g/mol. The molecule has 0 bridgehead atoms. The summed E-state index contributed by atoms with van der Waals surface area (Å²) < 4.78 is 0. The Morgan fingerprint density at radius 1 is 1.00 bits per heavy atom. The van der Waals surface area contributed by atoms with Crippen LogP contribution in [0.5, 0.6) is 0 Å². The predicted octanol–water partition coefficient (Wildman–Crippen LogP) is 4.08. The number of hydrogen-bond acceptors (Lipinski definition) is 3. The number of nitrogens with zero attached hydrogens (tertiary/aromatic N) is 2. The highest BCUT2D eigenvalue weighted by Gasteiger charge is 2.16. The van der Waals surface area contributed by atoms with Crippen LogP contribution in [0.4, 0.5) is 5.69 Å². The standard InChI is InChI=1S/C21H25Cl2N3O2/c1-4-15-7-5-6-8-19(15)24-20(27)13-26(3)21(28)14-25(2)12-16-9-10-17(22)11-18(16)23/h5-11H,4,12-14H2,1-3H3,(H,24,27). The first kappa shape index (κ1) is 22.2. The van der Waals surface area contributed by atoms with Crippen molar-refractivity contribution >= 4 is 40.7 Å². The minimum Gasteiger partial charge on any atom is -0.335 e. The Balaban J connectivity index is 1.86. The second-order valence-corrected chi connectivity index (χ2v) is 7.56. The molecule has 2 rings (SSSR count). The van der Waals surface area contributed by atoms with Crippen LogP contribution in [0, 0.1) is 0 Å². The summed E-state index contributed by atoms with van der Waals surface area (Å²) >= 11 is 12.1. The van der Waals surface area contributed by atoms with Crippen LogP contribution in [0.1, 0.15) is 18.1 Å². The van der Waals surface area contributed by atoms with Crippen LogP contribution in [-0.2, 0) is 22.6 Å². The van der Waals surface area contributed by atoms with E-state index in [9.17, 15) is 9.59 Å². The molecule has 2 aromatic carbocycles. The Labute approximate surface area is 176 Å². The second kappa shape index (κ2) is 10.5. The van der Waals surface area contributed by atoms with E-state index in [0.717, 1.165) is 23.2 Å². The molecule has 2 amide bonds. The van der Waals surface area contributed by atoms with E-state index in [-0.39, 0.29) is 24.9 Å². The molecule has 0 unspecified atom stereocenters. The maximum absolute atomic E-state index is 12.4. The van der Waals surface area contributed by atoms with Gasteiger partial charge in [-0.15, -0.1) is 0 Å². The summed E-state index contributed by atoms with van der Waals surface area (Å²) in [5, 5.41) is 4.01. The lowest BCUT2D eigenvalue weighted by atomic mass is 10.1. The minimum absolute atomic E-state index is 0.00752. The fourth-order valence-corrected chi connectivity index (χ4v) is 3.26. The summed E-state index contributed by atoms with van der Waals surface area (Å²) in [6, 6.07) is 12.9. The third-order valence-corrected chi connectivity index (χ3v) is 4.93. The molecule has 0 heterocycles. The normalized spacial score (nSPS) is 10.8. The second-order valence-electron chi connectivity index (χ2n) is 6.72. The van der Waals surface area contributed by atoms with Gasteiger partial charge < -0.3 is 10.2 Å². The molecular formula is C21H25Cl2N3O2. The molecule has 0 aliphatic rings. The zero-order chi connectivity index (χ0) is 20.7. The molecule has 0 fully saturated rings. The van der Waals surface area contributed by atoms with Crippen molar-refractivity contribution in [3.8, 4) is 0 Å². The summed E-state index contributed by atoms with van der Waals surface area (Å²) in [6.07, 6.45) is 0.823. The number of benzene rings is 2. The van der Waals surface area contributed by atoms with Crippen molar-refractivity contribution in [2.45, 2.75) is 19.9 Å². The third-order valence-electron chi connectivity index (χ3n) is 4.34. The van der Waals surface area contributed by atoms with E-state index < -0.39 is 0 Å². The molecule has 0 aliphatic carbocycles. The Bertz CT molecular complexity index is 842. The van der Waals surface area contributed by atoms with Crippen LogP contribution in [0.2, 0.25) is 10.0 Å². The molecule has 0 aliphatic heterocycles. The maximum atomic E-state index is 12.4. The van der Waals surface area contributed by atoms with Gasteiger partial charge in [0.2, 0.25) is 11.8 Å². The van der Waals surface area contributed by atoms with Crippen LogP contribution >= 0.6 is 23.2 Å². The Morgan fingerprint density at radius 2 is 1.71 bits per heavy atom. The third kappa shape index (κ3) is 6.51. The molecule has 0 saturated carbocycles. The molecular weight excluding hydrogens is 397 g/mol. The highest BCUT2D eigenvalue weighted by Crippen LogP contribution is 2.22. The first-order chi connectivity index (χ1) is 13.3. The van der Waals surface area contributed by atoms with Crippen LogP contribution in [-0.4, -0.2) is 48.8 Å². The Hall–Kier alpha value is -2.08. The molecule has 0 atom stereocenters. The summed E-state index contributed by atoms with van der Waals surface area (Å²) in [7, 11) is 3.45. The highest BCUT2D eigenvalue weighted by molar-refractivity contribution is 6.35. The van der Waals surface area contributed by atoms with Crippen molar-refractivity contribution in [2.75, 3.05) is 32.5 Å². The van der Waals surface area contributed by atoms with Gasteiger partial charge in [-0.25, -0.2) is 0 Å². The molecule has 7 heteroatoms. The molecule has 0 spiro atoms. The lowest BCUT2D eigenvalue weighted by Crippen LogP contribution is -2.40. The van der Waals surface area contributed by atoms with Gasteiger partial charge >= 0.3 is 0 Å². The fraction of sp³-hybridized carbons (Fsp3) is 0.333. The van der Waals surface area contributed by atoms with Crippen molar-refractivity contribution in [1.29, 1.82) is 0 Å². The van der Waals surface area contributed by atoms with Gasteiger partial charge in [-0.2, -0.15) is 0 Å². The van der Waals surface area contributed by atoms with Gasteiger partial charge in [-0.05, 0) is 42.8 Å². The smallest absolute Gasteiger partial charge is 0.243 e. The number of aryl methyl sites for hydroxylation is 1. The summed E-state index contributed by atoms with van der Waals surface area (Å²) in [5.41, 5.74) is 2.73. The number of carbonyl (C=O) groups excluding carboxylic acids is 2. The SMILES string of the molecule is CCc1ccccc1NC(=O)CN(C)C(=O)CN(C)Cc1ccc(Cl)cc1Cl. The van der Waals surface area contributed by atoms with E-state index in [1.54, 1.807) is 19.2 Å². The maximum Gasteiger partial charge on any atom is 0.243 e. The zero-order valence-electron chi connectivity index (χ0n) is 16.3. The molecule has 28 heavy (non-hydrogen) atoms. The van der Waals surface area contributed by atoms with Gasteiger partial charge in [0.05, 0.1) is 13.1 Å². The van der Waals surface area contributed by atoms with Gasteiger partial charge in [-0.3, -0.25) is 14.5 Å². The summed E-state index contributed by atoms with van der Waals surface area (Å²) in [4.78, 5) is 28.0. The number of likely N-dealkylation sites (N-methyl/N-ethyl adjacent to an activating group) is 2. The highest BCUT2D eigenvalue weighted by atomic mass is 35.5. The molecule has 2 aromatic rings. The van der Waals surface area contributed by atoms with Crippen LogP contribution in [0.15, 0.2) is 42.5 Å². The number of hydrogen-bond donors (Lipinski definition) is 1. The lowest BCUT2D eigenvalue weighted by molar-refractivity contribution is -0.134.